The van der Waals surface area contributed by atoms with Gasteiger partial charge in [-0.2, -0.15) is 5.26 Å². The lowest BCUT2D eigenvalue weighted by Gasteiger charge is -2.19. The highest BCUT2D eigenvalue weighted by Crippen LogP contribution is 2.28. The predicted molar refractivity (Wildman–Crippen MR) is 81.7 cm³/mol. The van der Waals surface area contributed by atoms with Crippen molar-refractivity contribution in [3.8, 4) is 6.07 Å². The zero-order chi connectivity index (χ0) is 14.5. The number of pyridine rings is 1. The van der Waals surface area contributed by atoms with Crippen LogP contribution in [0, 0.1) is 17.2 Å². The molecular formula is C17H26N3+. The number of aromatic amines is 1. The second-order valence-corrected chi connectivity index (χ2v) is 6.09. The van der Waals surface area contributed by atoms with Gasteiger partial charge in [-0.25, -0.2) is 4.98 Å². The van der Waals surface area contributed by atoms with Gasteiger partial charge in [0.25, 0.3) is 5.82 Å². The first-order valence-corrected chi connectivity index (χ1v) is 7.91. The summed E-state index contributed by atoms with van der Waals surface area (Å²) in [6.45, 7) is 7.55. The van der Waals surface area contributed by atoms with Crippen molar-refractivity contribution in [3.63, 3.8) is 0 Å². The second kappa shape index (κ2) is 6.74. The van der Waals surface area contributed by atoms with Crippen molar-refractivity contribution in [1.82, 2.24) is 0 Å². The van der Waals surface area contributed by atoms with E-state index < -0.39 is 0 Å². The minimum absolute atomic E-state index is 0.677. The molecule has 1 aliphatic rings. The fourth-order valence-electron chi connectivity index (χ4n) is 3.00. The highest BCUT2D eigenvalue weighted by molar-refractivity contribution is 5.56. The SMILES string of the molecule is CCc1[nH+]c(NCCC(C)C)c(C#N)c2c1CCCC2. The summed E-state index contributed by atoms with van der Waals surface area (Å²) in [5.41, 5.74) is 4.86. The number of H-pyrrole nitrogens is 1. The van der Waals surface area contributed by atoms with Gasteiger partial charge in [-0.15, -0.1) is 0 Å². The van der Waals surface area contributed by atoms with E-state index >= 15 is 0 Å². The van der Waals surface area contributed by atoms with Gasteiger partial charge in [-0.1, -0.05) is 20.8 Å². The van der Waals surface area contributed by atoms with Gasteiger partial charge in [0, 0.05) is 6.42 Å². The molecule has 1 aromatic heterocycles. The molecule has 0 atom stereocenters. The summed E-state index contributed by atoms with van der Waals surface area (Å²) in [7, 11) is 0. The number of nitrogens with one attached hydrogen (secondary N) is 2. The van der Waals surface area contributed by atoms with Gasteiger partial charge >= 0.3 is 0 Å². The van der Waals surface area contributed by atoms with Crippen LogP contribution in [0.15, 0.2) is 0 Å². The highest BCUT2D eigenvalue weighted by Gasteiger charge is 2.24. The van der Waals surface area contributed by atoms with Crippen molar-refractivity contribution in [2.45, 2.75) is 59.3 Å². The zero-order valence-electron chi connectivity index (χ0n) is 13.0. The predicted octanol–water partition coefficient (Wildman–Crippen LogP) is 3.27. The smallest absolute Gasteiger partial charge is 0.273 e. The Balaban J connectivity index is 2.33. The Morgan fingerprint density at radius 2 is 1.95 bits per heavy atom. The van der Waals surface area contributed by atoms with E-state index in [1.165, 1.54) is 29.7 Å². The molecule has 0 unspecified atom stereocenters. The fraction of sp³-hybridized carbons (Fsp3) is 0.647. The van der Waals surface area contributed by atoms with E-state index in [2.05, 4.69) is 37.1 Å². The van der Waals surface area contributed by atoms with Gasteiger partial charge in [0.2, 0.25) is 0 Å². The Morgan fingerprint density at radius 3 is 2.55 bits per heavy atom. The molecule has 1 aromatic rings. The van der Waals surface area contributed by atoms with E-state index in [1.807, 2.05) is 0 Å². The summed E-state index contributed by atoms with van der Waals surface area (Å²) in [5.74, 6) is 1.61. The Labute approximate surface area is 122 Å². The van der Waals surface area contributed by atoms with Crippen molar-refractivity contribution < 1.29 is 4.98 Å². The van der Waals surface area contributed by atoms with Gasteiger partial charge < -0.3 is 0 Å². The quantitative estimate of drug-likeness (QED) is 0.894. The third-order valence-corrected chi connectivity index (χ3v) is 4.15. The summed E-state index contributed by atoms with van der Waals surface area (Å²) < 4.78 is 0. The van der Waals surface area contributed by atoms with Crippen LogP contribution in [0.3, 0.4) is 0 Å². The molecule has 2 N–H and O–H groups in total. The van der Waals surface area contributed by atoms with Crippen LogP contribution >= 0.6 is 0 Å². The molecule has 0 spiro atoms. The summed E-state index contributed by atoms with van der Waals surface area (Å²) in [6.07, 6.45) is 6.76. The van der Waals surface area contributed by atoms with Crippen LogP contribution in [0.25, 0.3) is 0 Å². The molecule has 3 heteroatoms. The number of fused-ring (bicyclic) bond motifs is 1. The van der Waals surface area contributed by atoms with Gasteiger partial charge in [0.05, 0.1) is 6.54 Å². The van der Waals surface area contributed by atoms with Gasteiger partial charge in [0.15, 0.2) is 0 Å². The summed E-state index contributed by atoms with van der Waals surface area (Å²) in [4.78, 5) is 3.48. The van der Waals surface area contributed by atoms with E-state index in [1.54, 1.807) is 0 Å². The molecule has 0 saturated carbocycles. The Bertz CT molecular complexity index is 512. The van der Waals surface area contributed by atoms with Crippen LogP contribution in [-0.4, -0.2) is 6.54 Å². The molecule has 0 aromatic carbocycles. The average molecular weight is 272 g/mol. The van der Waals surface area contributed by atoms with Crippen LogP contribution in [0.4, 0.5) is 5.82 Å². The van der Waals surface area contributed by atoms with Crippen LogP contribution in [0.2, 0.25) is 0 Å². The zero-order valence-corrected chi connectivity index (χ0v) is 13.0. The molecule has 108 valence electrons. The Hall–Kier alpha value is -1.56. The average Bonchev–Trinajstić information content (AvgIpc) is 2.45. The number of hydrogen-bond acceptors (Lipinski definition) is 2. The number of nitriles is 1. The van der Waals surface area contributed by atoms with E-state index in [4.69, 9.17) is 0 Å². The summed E-state index contributed by atoms with van der Waals surface area (Å²) in [5, 5.41) is 13.0. The third kappa shape index (κ3) is 3.12. The van der Waals surface area contributed by atoms with Gasteiger partial charge in [-0.05, 0) is 49.1 Å². The minimum atomic E-state index is 0.677. The standard InChI is InChI=1S/C17H25N3/c1-4-16-14-8-6-5-7-13(14)15(11-18)17(20-16)19-10-9-12(2)3/h12H,4-10H2,1-3H3,(H,19,20)/p+1. The number of aryl methyl sites for hydroxylation is 1. The van der Waals surface area contributed by atoms with Crippen LogP contribution in [0.1, 0.15) is 62.4 Å². The van der Waals surface area contributed by atoms with Crippen molar-refractivity contribution in [1.29, 1.82) is 5.26 Å². The lowest BCUT2D eigenvalue weighted by Crippen LogP contribution is -2.26. The van der Waals surface area contributed by atoms with E-state index in [0.29, 0.717) is 5.92 Å². The molecule has 2 rings (SSSR count). The van der Waals surface area contributed by atoms with Crippen molar-refractivity contribution in [3.05, 3.63) is 22.4 Å². The maximum atomic E-state index is 9.54. The molecule has 0 aliphatic heterocycles. The molecule has 0 amide bonds. The molecule has 1 aliphatic carbocycles. The van der Waals surface area contributed by atoms with Crippen molar-refractivity contribution in [2.75, 3.05) is 11.9 Å². The first-order valence-electron chi connectivity index (χ1n) is 7.91. The van der Waals surface area contributed by atoms with E-state index in [9.17, 15) is 5.26 Å². The van der Waals surface area contributed by atoms with Crippen LogP contribution in [0.5, 0.6) is 0 Å². The van der Waals surface area contributed by atoms with Crippen LogP contribution in [-0.2, 0) is 19.3 Å². The maximum absolute atomic E-state index is 9.54. The summed E-state index contributed by atoms with van der Waals surface area (Å²) >= 11 is 0. The monoisotopic (exact) mass is 272 g/mol. The largest absolute Gasteiger partial charge is 0.290 e. The number of nitrogens with zero attached hydrogens (tertiary/aromatic N) is 1. The van der Waals surface area contributed by atoms with E-state index in [0.717, 1.165) is 43.6 Å². The fourth-order valence-corrected chi connectivity index (χ4v) is 3.00. The Morgan fingerprint density at radius 1 is 1.25 bits per heavy atom. The molecule has 3 nitrogen and oxygen atoms in total. The lowest BCUT2D eigenvalue weighted by molar-refractivity contribution is -0.374. The molecule has 0 radical (unpaired) electrons. The molecule has 1 heterocycles. The maximum Gasteiger partial charge on any atom is 0.290 e. The van der Waals surface area contributed by atoms with E-state index in [-0.39, 0.29) is 0 Å². The molecule has 20 heavy (non-hydrogen) atoms. The first kappa shape index (κ1) is 14.8. The molecular weight excluding hydrogens is 246 g/mol. The highest BCUT2D eigenvalue weighted by atomic mass is 15.0. The first-order chi connectivity index (χ1) is 9.67. The minimum Gasteiger partial charge on any atom is -0.273 e. The van der Waals surface area contributed by atoms with Gasteiger partial charge in [-0.3, -0.25) is 5.32 Å². The molecule has 0 fully saturated rings. The third-order valence-electron chi connectivity index (χ3n) is 4.15. The van der Waals surface area contributed by atoms with Crippen molar-refractivity contribution in [2.24, 2.45) is 5.92 Å². The molecule has 0 bridgehead atoms. The normalized spacial score (nSPS) is 13.9. The topological polar surface area (TPSA) is 50.0 Å². The van der Waals surface area contributed by atoms with Crippen LogP contribution < -0.4 is 10.3 Å². The lowest BCUT2D eigenvalue weighted by atomic mass is 9.87. The Kier molecular flexibility index (Phi) is 5.00. The number of rotatable bonds is 5. The van der Waals surface area contributed by atoms with Gasteiger partial charge in [0.1, 0.15) is 17.3 Å². The van der Waals surface area contributed by atoms with Crippen molar-refractivity contribution >= 4 is 5.82 Å². The number of aromatic nitrogens is 1. The summed E-state index contributed by atoms with van der Waals surface area (Å²) in [6, 6.07) is 2.42. The number of anilines is 1. The second-order valence-electron chi connectivity index (χ2n) is 6.09. The number of hydrogen-bond donors (Lipinski definition) is 1. The molecule has 0 saturated heterocycles.